The van der Waals surface area contributed by atoms with Crippen molar-refractivity contribution in [2.45, 2.75) is 26.3 Å². The van der Waals surface area contributed by atoms with E-state index in [1.807, 2.05) is 24.6 Å². The number of anilines is 1. The minimum absolute atomic E-state index is 0.0476. The third kappa shape index (κ3) is 4.09. The second kappa shape index (κ2) is 8.14. The molecule has 0 saturated carbocycles. The van der Waals surface area contributed by atoms with E-state index in [0.29, 0.717) is 18.3 Å². The normalized spacial score (nSPS) is 15.0. The highest BCUT2D eigenvalue weighted by Gasteiger charge is 2.28. The molecular weight excluding hydrogens is 372 g/mol. The number of carbonyl (C=O) groups excluding carboxylic acids is 1. The van der Waals surface area contributed by atoms with Crippen molar-refractivity contribution in [3.05, 3.63) is 53.2 Å². The van der Waals surface area contributed by atoms with Crippen molar-refractivity contribution in [1.82, 2.24) is 15.0 Å². The lowest BCUT2D eigenvalue weighted by Gasteiger charge is -2.34. The van der Waals surface area contributed by atoms with Crippen molar-refractivity contribution in [3.63, 3.8) is 0 Å². The number of amides is 1. The summed E-state index contributed by atoms with van der Waals surface area (Å²) in [6.07, 6.45) is 1.72. The fraction of sp³-hybridized carbons (Fsp3) is 0.381. The van der Waals surface area contributed by atoms with Crippen LogP contribution in [0.4, 0.5) is 5.69 Å². The van der Waals surface area contributed by atoms with E-state index in [4.69, 9.17) is 4.52 Å². The summed E-state index contributed by atoms with van der Waals surface area (Å²) in [6, 6.07) is 12.5. The summed E-state index contributed by atoms with van der Waals surface area (Å²) in [4.78, 5) is 22.3. The number of hydrogen-bond donors (Lipinski definition) is 0. The summed E-state index contributed by atoms with van der Waals surface area (Å²) in [5, 5.41) is 5.99. The number of hydrogen-bond acceptors (Lipinski definition) is 6. The summed E-state index contributed by atoms with van der Waals surface area (Å²) < 4.78 is 5.32. The molecule has 0 spiro atoms. The molecule has 3 heterocycles. The summed E-state index contributed by atoms with van der Waals surface area (Å²) in [6.45, 7) is 4.24. The molecule has 0 unspecified atom stereocenters. The predicted octanol–water partition coefficient (Wildman–Crippen LogP) is 3.98. The van der Waals surface area contributed by atoms with Crippen LogP contribution in [0.5, 0.6) is 0 Å². The first kappa shape index (κ1) is 18.7. The highest BCUT2D eigenvalue weighted by atomic mass is 32.1. The van der Waals surface area contributed by atoms with Crippen LogP contribution >= 0.6 is 11.3 Å². The van der Waals surface area contributed by atoms with Gasteiger partial charge in [0.15, 0.2) is 0 Å². The van der Waals surface area contributed by atoms with Crippen LogP contribution in [0.3, 0.4) is 0 Å². The molecule has 28 heavy (non-hydrogen) atoms. The predicted molar refractivity (Wildman–Crippen MR) is 110 cm³/mol. The molecule has 1 aliphatic heterocycles. The van der Waals surface area contributed by atoms with Gasteiger partial charge in [-0.1, -0.05) is 28.9 Å². The zero-order valence-electron chi connectivity index (χ0n) is 16.2. The van der Waals surface area contributed by atoms with Gasteiger partial charge in [-0.2, -0.15) is 4.98 Å². The quantitative estimate of drug-likeness (QED) is 0.653. The van der Waals surface area contributed by atoms with Gasteiger partial charge in [0.2, 0.25) is 17.6 Å². The summed E-state index contributed by atoms with van der Waals surface area (Å²) in [7, 11) is 1.81. The lowest BCUT2D eigenvalue weighted by atomic mass is 9.95. The van der Waals surface area contributed by atoms with Gasteiger partial charge >= 0.3 is 0 Å². The van der Waals surface area contributed by atoms with E-state index < -0.39 is 0 Å². The van der Waals surface area contributed by atoms with E-state index in [-0.39, 0.29) is 11.8 Å². The molecule has 146 valence electrons. The first-order chi connectivity index (χ1) is 13.6. The van der Waals surface area contributed by atoms with Crippen LogP contribution in [0.2, 0.25) is 0 Å². The third-order valence-corrected chi connectivity index (χ3v) is 6.07. The molecule has 1 saturated heterocycles. The van der Waals surface area contributed by atoms with Gasteiger partial charge in [0.05, 0.1) is 11.4 Å². The molecule has 7 heteroatoms. The molecular formula is C21H24N4O2S. The first-order valence-electron chi connectivity index (χ1n) is 9.53. The molecule has 4 rings (SSSR count). The Balaban J connectivity index is 1.31. The van der Waals surface area contributed by atoms with Gasteiger partial charge in [0.25, 0.3) is 0 Å². The number of carbonyl (C=O) groups is 1. The number of aryl methyl sites for hydroxylation is 1. The maximum absolute atomic E-state index is 12.8. The number of nitrogens with zero attached hydrogens (tertiary/aromatic N) is 4. The Hall–Kier alpha value is -2.67. The minimum atomic E-state index is 0.0476. The van der Waals surface area contributed by atoms with E-state index in [0.717, 1.165) is 30.8 Å². The lowest BCUT2D eigenvalue weighted by molar-refractivity contribution is -0.135. The van der Waals surface area contributed by atoms with Gasteiger partial charge in [0, 0.05) is 31.7 Å². The smallest absolute Gasteiger partial charge is 0.246 e. The van der Waals surface area contributed by atoms with Crippen LogP contribution < -0.4 is 4.90 Å². The molecule has 2 aromatic heterocycles. The minimum Gasteiger partial charge on any atom is -0.371 e. The van der Waals surface area contributed by atoms with Crippen molar-refractivity contribution < 1.29 is 9.32 Å². The van der Waals surface area contributed by atoms with Crippen molar-refractivity contribution in [2.24, 2.45) is 5.92 Å². The molecule has 0 radical (unpaired) electrons. The van der Waals surface area contributed by atoms with Crippen LogP contribution in [0.15, 0.2) is 46.3 Å². The molecule has 0 bridgehead atoms. The SMILES string of the molecule is Cc1ccc(N2CCC(C(=O)N(C)Cc3nc(-c4cccs4)no3)CC2)cc1. The van der Waals surface area contributed by atoms with Crippen molar-refractivity contribution >= 4 is 22.9 Å². The van der Waals surface area contributed by atoms with Crippen LogP contribution in [-0.2, 0) is 11.3 Å². The Morgan fingerprint density at radius 1 is 1.25 bits per heavy atom. The van der Waals surface area contributed by atoms with Gasteiger partial charge in [0.1, 0.15) is 0 Å². The first-order valence-corrected chi connectivity index (χ1v) is 10.4. The highest BCUT2D eigenvalue weighted by Crippen LogP contribution is 2.25. The number of rotatable bonds is 5. The average Bonchev–Trinajstić information content (AvgIpc) is 3.40. The number of piperidine rings is 1. The second-order valence-corrected chi connectivity index (χ2v) is 8.23. The van der Waals surface area contributed by atoms with Crippen molar-refractivity contribution in [3.8, 4) is 10.7 Å². The maximum atomic E-state index is 12.8. The standard InChI is InChI=1S/C21H24N4O2S/c1-15-5-7-17(8-6-15)25-11-9-16(10-12-25)21(26)24(2)14-19-22-20(23-27-19)18-4-3-13-28-18/h3-8,13,16H,9-12,14H2,1-2H3. The second-order valence-electron chi connectivity index (χ2n) is 7.28. The number of thiophene rings is 1. The molecule has 6 nitrogen and oxygen atoms in total. The third-order valence-electron chi connectivity index (χ3n) is 5.20. The summed E-state index contributed by atoms with van der Waals surface area (Å²) >= 11 is 1.57. The van der Waals surface area contributed by atoms with Crippen LogP contribution in [0.1, 0.15) is 24.3 Å². The van der Waals surface area contributed by atoms with E-state index in [1.165, 1.54) is 11.3 Å². The van der Waals surface area contributed by atoms with Gasteiger partial charge in [-0.3, -0.25) is 4.79 Å². The molecule has 1 amide bonds. The topological polar surface area (TPSA) is 62.5 Å². The van der Waals surface area contributed by atoms with Crippen molar-refractivity contribution in [1.29, 1.82) is 0 Å². The van der Waals surface area contributed by atoms with Gasteiger partial charge < -0.3 is 14.3 Å². The molecule has 0 aliphatic carbocycles. The van der Waals surface area contributed by atoms with E-state index >= 15 is 0 Å². The van der Waals surface area contributed by atoms with E-state index in [1.54, 1.807) is 16.2 Å². The number of benzene rings is 1. The fourth-order valence-corrected chi connectivity index (χ4v) is 4.21. The summed E-state index contributed by atoms with van der Waals surface area (Å²) in [5.74, 6) is 1.25. The van der Waals surface area contributed by atoms with Gasteiger partial charge in [-0.05, 0) is 43.3 Å². The van der Waals surface area contributed by atoms with Crippen LogP contribution in [0, 0.1) is 12.8 Å². The summed E-state index contributed by atoms with van der Waals surface area (Å²) in [5.41, 5.74) is 2.50. The van der Waals surface area contributed by atoms with Crippen LogP contribution in [-0.4, -0.2) is 41.1 Å². The monoisotopic (exact) mass is 396 g/mol. The lowest BCUT2D eigenvalue weighted by Crippen LogP contribution is -2.41. The van der Waals surface area contributed by atoms with Gasteiger partial charge in [-0.15, -0.1) is 11.3 Å². The molecule has 1 aliphatic rings. The van der Waals surface area contributed by atoms with Crippen molar-refractivity contribution in [2.75, 3.05) is 25.0 Å². The molecule has 3 aromatic rings. The number of aromatic nitrogens is 2. The van der Waals surface area contributed by atoms with E-state index in [2.05, 4.69) is 46.2 Å². The van der Waals surface area contributed by atoms with Crippen LogP contribution in [0.25, 0.3) is 10.7 Å². The molecule has 1 aromatic carbocycles. The maximum Gasteiger partial charge on any atom is 0.246 e. The molecule has 1 fully saturated rings. The Kier molecular flexibility index (Phi) is 5.43. The Morgan fingerprint density at radius 2 is 2.00 bits per heavy atom. The largest absolute Gasteiger partial charge is 0.371 e. The Bertz CT molecular complexity index is 912. The fourth-order valence-electron chi connectivity index (χ4n) is 3.56. The highest BCUT2D eigenvalue weighted by molar-refractivity contribution is 7.13. The zero-order valence-corrected chi connectivity index (χ0v) is 17.0. The molecule has 0 N–H and O–H groups in total. The average molecular weight is 397 g/mol. The van der Waals surface area contributed by atoms with E-state index in [9.17, 15) is 4.79 Å². The Morgan fingerprint density at radius 3 is 2.68 bits per heavy atom. The zero-order chi connectivity index (χ0) is 19.5. The van der Waals surface area contributed by atoms with Gasteiger partial charge in [-0.25, -0.2) is 0 Å². The Labute approximate surface area is 168 Å². The molecule has 0 atom stereocenters.